The number of hydrogen-bond donors (Lipinski definition) is 0. The van der Waals surface area contributed by atoms with Gasteiger partial charge in [0.1, 0.15) is 0 Å². The Hall–Kier alpha value is -2.27. The monoisotopic (exact) mass is 381 g/mol. The average Bonchev–Trinajstić information content (AvgIpc) is 2.63. The van der Waals surface area contributed by atoms with Crippen LogP contribution in [0.4, 0.5) is 4.39 Å². The molecular weight excluding hydrogens is 368 g/mol. The molecule has 0 bridgehead atoms. The first-order valence-electron chi connectivity index (χ1n) is 7.43. The molecule has 0 fully saturated rings. The molecule has 2 nitrogen and oxygen atoms in total. The van der Waals surface area contributed by atoms with E-state index in [9.17, 15) is 4.39 Å². The van der Waals surface area contributed by atoms with E-state index in [1.54, 1.807) is 12.0 Å². The van der Waals surface area contributed by atoms with Crippen molar-refractivity contribution in [1.82, 2.24) is 4.98 Å². The van der Waals surface area contributed by atoms with Gasteiger partial charge in [0.15, 0.2) is 0 Å². The van der Waals surface area contributed by atoms with E-state index in [4.69, 9.17) is 4.74 Å². The molecule has 118 valence electrons. The van der Waals surface area contributed by atoms with Gasteiger partial charge in [0.25, 0.3) is 0 Å². The van der Waals surface area contributed by atoms with E-state index in [0.29, 0.717) is 28.2 Å². The fraction of sp³-hybridized carbons (Fsp3) is 0.0526. The van der Waals surface area contributed by atoms with Crippen LogP contribution in [0.15, 0.2) is 65.1 Å². The second kappa shape index (κ2) is 7.54. The van der Waals surface area contributed by atoms with E-state index in [2.05, 4.69) is 28.4 Å². The minimum atomic E-state index is -0.325. The van der Waals surface area contributed by atoms with Gasteiger partial charge in [0, 0.05) is 0 Å². The van der Waals surface area contributed by atoms with Gasteiger partial charge in [-0.05, 0) is 0 Å². The van der Waals surface area contributed by atoms with Gasteiger partial charge in [-0.15, -0.1) is 0 Å². The molecule has 1 aromatic heterocycles. The first-order chi connectivity index (χ1) is 11.7. The van der Waals surface area contributed by atoms with Gasteiger partial charge >= 0.3 is 149 Å². The maximum absolute atomic E-state index is 13.9. The van der Waals surface area contributed by atoms with Crippen LogP contribution in [0, 0.1) is 5.82 Å². The zero-order valence-corrected chi connectivity index (χ0v) is 14.5. The summed E-state index contributed by atoms with van der Waals surface area (Å²) >= 11 is 3.17. The van der Waals surface area contributed by atoms with Crippen LogP contribution in [-0.4, -0.2) is 18.4 Å². The summed E-state index contributed by atoms with van der Waals surface area (Å²) in [5.74, 6) is 1.79. The summed E-state index contributed by atoms with van der Waals surface area (Å²) in [5, 5.41) is 0. The Bertz CT molecular complexity index is 870. The Morgan fingerprint density at radius 1 is 1.08 bits per heavy atom. The normalized spacial score (nSPS) is 10.4. The predicted octanol–water partition coefficient (Wildman–Crippen LogP) is 4.28. The molecule has 0 spiro atoms. The Balaban J connectivity index is 1.96. The molecule has 24 heavy (non-hydrogen) atoms. The van der Waals surface area contributed by atoms with E-state index < -0.39 is 0 Å². The maximum atomic E-state index is 13.9. The fourth-order valence-electron chi connectivity index (χ4n) is 2.29. The van der Waals surface area contributed by atoms with Crippen LogP contribution < -0.4 is 4.74 Å². The van der Waals surface area contributed by atoms with E-state index in [-0.39, 0.29) is 5.82 Å². The van der Waals surface area contributed by atoms with E-state index in [1.807, 2.05) is 48.5 Å². The number of benzene rings is 2. The second-order valence-corrected chi connectivity index (χ2v) is 6.05. The average molecular weight is 382 g/mol. The standard InChI is InChI=1S/C19H14BBrFNO/c20-11-15-7-8-16(14-6-9-17(21)18(22)10-14)19(23-15)24-12-13-4-2-1-3-5-13/h1-11,20H,12H2. The van der Waals surface area contributed by atoms with Gasteiger partial charge in [-0.3, -0.25) is 0 Å². The van der Waals surface area contributed by atoms with Crippen LogP contribution in [0.25, 0.3) is 11.1 Å². The number of nitrogens with zero attached hydrogens (tertiary/aromatic N) is 1. The molecule has 1 heterocycles. The van der Waals surface area contributed by atoms with Crippen molar-refractivity contribution in [2.45, 2.75) is 6.61 Å². The summed E-state index contributed by atoms with van der Waals surface area (Å²) in [6, 6.07) is 18.5. The summed E-state index contributed by atoms with van der Waals surface area (Å²) in [4.78, 5) is 4.46. The topological polar surface area (TPSA) is 22.1 Å². The summed E-state index contributed by atoms with van der Waals surface area (Å²) in [5.41, 5.74) is 3.19. The van der Waals surface area contributed by atoms with Crippen LogP contribution >= 0.6 is 15.9 Å². The first kappa shape index (κ1) is 16.6. The van der Waals surface area contributed by atoms with Crippen molar-refractivity contribution >= 4 is 29.4 Å². The summed E-state index contributed by atoms with van der Waals surface area (Å²) in [6.07, 6.45) is 0. The number of ether oxygens (including phenoxy) is 1. The number of halogens is 2. The number of rotatable bonds is 5. The Labute approximate surface area is 149 Å². The minimum absolute atomic E-state index is 0.325. The third-order valence-corrected chi connectivity index (χ3v) is 4.18. The quantitative estimate of drug-likeness (QED) is 0.615. The van der Waals surface area contributed by atoms with Crippen LogP contribution in [0.2, 0.25) is 0 Å². The van der Waals surface area contributed by atoms with Gasteiger partial charge in [0.2, 0.25) is 0 Å². The fourth-order valence-corrected chi connectivity index (χ4v) is 2.53. The third kappa shape index (κ3) is 3.79. The molecule has 0 saturated heterocycles. The van der Waals surface area contributed by atoms with Crippen molar-refractivity contribution in [3.63, 3.8) is 0 Å². The molecule has 2 aromatic carbocycles. The van der Waals surface area contributed by atoms with Gasteiger partial charge in [-0.1, -0.05) is 0 Å². The molecule has 0 unspecified atom stereocenters. The molecule has 0 radical (unpaired) electrons. The summed E-state index contributed by atoms with van der Waals surface area (Å²) in [6.45, 7) is 0.389. The molecule has 0 amide bonds. The van der Waals surface area contributed by atoms with Crippen molar-refractivity contribution in [1.29, 1.82) is 0 Å². The molecule has 3 rings (SSSR count). The van der Waals surface area contributed by atoms with Crippen LogP contribution in [0.5, 0.6) is 5.88 Å². The zero-order chi connectivity index (χ0) is 16.9. The molecule has 5 heteroatoms. The molecule has 0 aliphatic rings. The molecule has 0 atom stereocenters. The number of hydrogen-bond acceptors (Lipinski definition) is 2. The van der Waals surface area contributed by atoms with Crippen molar-refractivity contribution < 1.29 is 9.13 Å². The SMILES string of the molecule is B=Cc1ccc(-c2ccc(Br)c(F)c2)c(OCc2ccccc2)n1. The van der Waals surface area contributed by atoms with Gasteiger partial charge < -0.3 is 0 Å². The Morgan fingerprint density at radius 2 is 1.88 bits per heavy atom. The van der Waals surface area contributed by atoms with Crippen molar-refractivity contribution in [3.8, 4) is 17.0 Å². The van der Waals surface area contributed by atoms with Crippen LogP contribution in [0.3, 0.4) is 0 Å². The van der Waals surface area contributed by atoms with Crippen molar-refractivity contribution in [2.75, 3.05) is 0 Å². The second-order valence-electron chi connectivity index (χ2n) is 5.20. The van der Waals surface area contributed by atoms with Crippen LogP contribution in [0.1, 0.15) is 11.3 Å². The summed E-state index contributed by atoms with van der Waals surface area (Å²) in [7, 11) is 3.73. The first-order valence-corrected chi connectivity index (χ1v) is 8.22. The molecule has 0 saturated carbocycles. The molecule has 3 aromatic rings. The number of aromatic nitrogens is 1. The molecule has 0 aliphatic heterocycles. The zero-order valence-electron chi connectivity index (χ0n) is 12.9. The van der Waals surface area contributed by atoms with Crippen molar-refractivity contribution in [3.05, 3.63) is 82.2 Å². The van der Waals surface area contributed by atoms with E-state index in [0.717, 1.165) is 11.1 Å². The molecular formula is C19H14BBrFNO. The van der Waals surface area contributed by atoms with Crippen LogP contribution in [-0.2, 0) is 6.61 Å². The molecule has 0 N–H and O–H groups in total. The van der Waals surface area contributed by atoms with Crippen molar-refractivity contribution in [2.24, 2.45) is 0 Å². The summed E-state index contributed by atoms with van der Waals surface area (Å²) < 4.78 is 20.2. The van der Waals surface area contributed by atoms with Gasteiger partial charge in [0.05, 0.1) is 0 Å². The van der Waals surface area contributed by atoms with E-state index in [1.165, 1.54) is 6.07 Å². The predicted molar refractivity (Wildman–Crippen MR) is 100 cm³/mol. The van der Waals surface area contributed by atoms with E-state index >= 15 is 0 Å². The Morgan fingerprint density at radius 3 is 2.58 bits per heavy atom. The third-order valence-electron chi connectivity index (χ3n) is 3.54. The Kier molecular flexibility index (Phi) is 5.21. The van der Waals surface area contributed by atoms with Gasteiger partial charge in [-0.2, -0.15) is 0 Å². The molecule has 0 aliphatic carbocycles. The van der Waals surface area contributed by atoms with Gasteiger partial charge in [-0.25, -0.2) is 0 Å². The number of pyridine rings is 1.